The standard InChI is InChI=1S/C21H15Cl3N2OS2/c1-11-12(2)29-19-18(11)20(27)26(15-7-8-16(23)17(24)9-15)21(25-19)28-10-13-3-5-14(22)6-4-13/h3-9H,10H2,1-2H3. The third-order valence-electron chi connectivity index (χ3n) is 4.61. The molecule has 0 N–H and O–H groups in total. The van der Waals surface area contributed by atoms with Crippen LogP contribution in [0.5, 0.6) is 0 Å². The monoisotopic (exact) mass is 480 g/mol. The molecule has 0 fully saturated rings. The highest BCUT2D eigenvalue weighted by atomic mass is 35.5. The van der Waals surface area contributed by atoms with Crippen molar-refractivity contribution in [3.63, 3.8) is 0 Å². The highest BCUT2D eigenvalue weighted by Crippen LogP contribution is 2.32. The number of halogens is 3. The first-order valence-corrected chi connectivity index (χ1v) is 11.6. The van der Waals surface area contributed by atoms with Gasteiger partial charge in [-0.15, -0.1) is 11.3 Å². The Balaban J connectivity index is 1.87. The van der Waals surface area contributed by atoms with Crippen molar-refractivity contribution in [3.05, 3.63) is 83.9 Å². The fraction of sp³-hybridized carbons (Fsp3) is 0.143. The summed E-state index contributed by atoms with van der Waals surface area (Å²) < 4.78 is 1.62. The van der Waals surface area contributed by atoms with E-state index in [0.717, 1.165) is 20.8 Å². The van der Waals surface area contributed by atoms with Gasteiger partial charge in [-0.25, -0.2) is 4.98 Å². The van der Waals surface area contributed by atoms with E-state index in [4.69, 9.17) is 39.8 Å². The van der Waals surface area contributed by atoms with E-state index in [1.54, 1.807) is 22.8 Å². The lowest BCUT2D eigenvalue weighted by Crippen LogP contribution is -2.21. The van der Waals surface area contributed by atoms with Crippen LogP contribution in [0.1, 0.15) is 16.0 Å². The number of aromatic nitrogens is 2. The van der Waals surface area contributed by atoms with Crippen molar-refractivity contribution in [1.29, 1.82) is 0 Å². The molecule has 0 aliphatic heterocycles. The summed E-state index contributed by atoms with van der Waals surface area (Å²) in [6, 6.07) is 12.8. The maximum atomic E-state index is 13.5. The number of nitrogens with zero attached hydrogens (tertiary/aromatic N) is 2. The number of hydrogen-bond acceptors (Lipinski definition) is 4. The highest BCUT2D eigenvalue weighted by Gasteiger charge is 2.18. The second-order valence-corrected chi connectivity index (χ2v) is 9.91. The number of hydrogen-bond donors (Lipinski definition) is 0. The van der Waals surface area contributed by atoms with Crippen molar-refractivity contribution in [2.75, 3.05) is 0 Å². The molecule has 0 bridgehead atoms. The first-order chi connectivity index (χ1) is 13.8. The average molecular weight is 482 g/mol. The van der Waals surface area contributed by atoms with Crippen LogP contribution < -0.4 is 5.56 Å². The molecule has 0 saturated carbocycles. The summed E-state index contributed by atoms with van der Waals surface area (Å²) in [5, 5.41) is 2.78. The maximum Gasteiger partial charge on any atom is 0.267 e. The van der Waals surface area contributed by atoms with E-state index in [9.17, 15) is 4.79 Å². The second kappa shape index (κ2) is 8.32. The van der Waals surface area contributed by atoms with Crippen molar-refractivity contribution in [2.24, 2.45) is 0 Å². The summed E-state index contributed by atoms with van der Waals surface area (Å²) in [7, 11) is 0. The Hall–Kier alpha value is -1.50. The topological polar surface area (TPSA) is 34.9 Å². The van der Waals surface area contributed by atoms with Crippen molar-refractivity contribution < 1.29 is 0 Å². The molecule has 0 unspecified atom stereocenters. The Bertz CT molecular complexity index is 1280. The van der Waals surface area contributed by atoms with Crippen LogP contribution in [0.4, 0.5) is 0 Å². The van der Waals surface area contributed by atoms with Crippen molar-refractivity contribution in [1.82, 2.24) is 9.55 Å². The zero-order chi connectivity index (χ0) is 20.7. The Kier molecular flexibility index (Phi) is 5.96. The molecule has 0 radical (unpaired) electrons. The Morgan fingerprint density at radius 1 is 1.03 bits per heavy atom. The fourth-order valence-corrected chi connectivity index (χ4v) is 5.41. The van der Waals surface area contributed by atoms with Crippen LogP contribution >= 0.6 is 57.9 Å². The number of thioether (sulfide) groups is 1. The van der Waals surface area contributed by atoms with Gasteiger partial charge in [0.05, 0.1) is 21.1 Å². The molecule has 2 aromatic heterocycles. The minimum Gasteiger partial charge on any atom is -0.268 e. The number of rotatable bonds is 4. The number of thiophene rings is 1. The lowest BCUT2D eigenvalue weighted by molar-refractivity contribution is 0.822. The van der Waals surface area contributed by atoms with Crippen molar-refractivity contribution in [3.8, 4) is 5.69 Å². The second-order valence-electron chi connectivity index (χ2n) is 6.51. The molecule has 0 amide bonds. The maximum absolute atomic E-state index is 13.5. The van der Waals surface area contributed by atoms with Crippen LogP contribution in [0.15, 0.2) is 52.4 Å². The summed E-state index contributed by atoms with van der Waals surface area (Å²) in [5.74, 6) is 0.653. The van der Waals surface area contributed by atoms with Gasteiger partial charge in [-0.05, 0) is 55.3 Å². The van der Waals surface area contributed by atoms with E-state index in [0.29, 0.717) is 37.1 Å². The molecule has 148 valence electrons. The molecule has 29 heavy (non-hydrogen) atoms. The largest absolute Gasteiger partial charge is 0.268 e. The van der Waals surface area contributed by atoms with Crippen LogP contribution in [-0.2, 0) is 5.75 Å². The molecule has 2 aromatic carbocycles. The van der Waals surface area contributed by atoms with Gasteiger partial charge in [-0.2, -0.15) is 0 Å². The molecule has 0 aliphatic carbocycles. The predicted octanol–water partition coefficient (Wildman–Crippen LogP) is 7.32. The summed E-state index contributed by atoms with van der Waals surface area (Å²) in [4.78, 5) is 20.1. The Morgan fingerprint density at radius 3 is 2.45 bits per heavy atom. The molecule has 2 heterocycles. The molecular weight excluding hydrogens is 467 g/mol. The normalized spacial score (nSPS) is 11.3. The summed E-state index contributed by atoms with van der Waals surface area (Å²) >= 11 is 21.3. The fourth-order valence-electron chi connectivity index (χ4n) is 2.95. The smallest absolute Gasteiger partial charge is 0.267 e. The molecular formula is C21H15Cl3N2OS2. The molecule has 0 atom stereocenters. The summed E-state index contributed by atoms with van der Waals surface area (Å²) in [6.07, 6.45) is 0. The Labute approximate surface area is 191 Å². The summed E-state index contributed by atoms with van der Waals surface area (Å²) in [5.41, 5.74) is 2.59. The van der Waals surface area contributed by atoms with Crippen molar-refractivity contribution in [2.45, 2.75) is 24.8 Å². The van der Waals surface area contributed by atoms with Crippen molar-refractivity contribution >= 4 is 68.1 Å². The zero-order valence-corrected chi connectivity index (χ0v) is 19.4. The first kappa shape index (κ1) is 20.8. The van der Waals surface area contributed by atoms with Gasteiger partial charge in [0.2, 0.25) is 0 Å². The third-order valence-corrected chi connectivity index (χ3v) is 7.72. The number of fused-ring (bicyclic) bond motifs is 1. The third kappa shape index (κ3) is 4.07. The van der Waals surface area contributed by atoms with Gasteiger partial charge in [0.25, 0.3) is 5.56 Å². The molecule has 0 saturated heterocycles. The lowest BCUT2D eigenvalue weighted by Gasteiger charge is -2.13. The van der Waals surface area contributed by atoms with E-state index in [1.165, 1.54) is 23.1 Å². The van der Waals surface area contributed by atoms with Gasteiger partial charge in [-0.3, -0.25) is 9.36 Å². The summed E-state index contributed by atoms with van der Waals surface area (Å²) in [6.45, 7) is 3.96. The number of benzene rings is 2. The SMILES string of the molecule is Cc1sc2nc(SCc3ccc(Cl)cc3)n(-c3ccc(Cl)c(Cl)c3)c(=O)c2c1C. The first-order valence-electron chi connectivity index (χ1n) is 8.70. The molecule has 0 spiro atoms. The minimum atomic E-state index is -0.103. The molecule has 4 rings (SSSR count). The van der Waals surface area contributed by atoms with Crippen LogP contribution in [0.2, 0.25) is 15.1 Å². The van der Waals surface area contributed by atoms with E-state index < -0.39 is 0 Å². The van der Waals surface area contributed by atoms with E-state index in [-0.39, 0.29) is 5.56 Å². The van der Waals surface area contributed by atoms with Crippen LogP contribution in [0, 0.1) is 13.8 Å². The van der Waals surface area contributed by atoms with Gasteiger partial charge < -0.3 is 0 Å². The average Bonchev–Trinajstić information content (AvgIpc) is 2.98. The van der Waals surface area contributed by atoms with Gasteiger partial charge in [0.15, 0.2) is 5.16 Å². The minimum absolute atomic E-state index is 0.103. The molecule has 3 nitrogen and oxygen atoms in total. The van der Waals surface area contributed by atoms with Crippen LogP contribution in [-0.4, -0.2) is 9.55 Å². The quantitative estimate of drug-likeness (QED) is 0.226. The zero-order valence-electron chi connectivity index (χ0n) is 15.5. The van der Waals surface area contributed by atoms with E-state index in [2.05, 4.69) is 0 Å². The Morgan fingerprint density at radius 2 is 1.76 bits per heavy atom. The van der Waals surface area contributed by atoms with Gasteiger partial charge in [0.1, 0.15) is 4.83 Å². The lowest BCUT2D eigenvalue weighted by atomic mass is 10.2. The molecule has 8 heteroatoms. The highest BCUT2D eigenvalue weighted by molar-refractivity contribution is 7.98. The number of aryl methyl sites for hydroxylation is 2. The predicted molar refractivity (Wildman–Crippen MR) is 126 cm³/mol. The molecule has 0 aliphatic rings. The van der Waals surface area contributed by atoms with Gasteiger partial charge >= 0.3 is 0 Å². The van der Waals surface area contributed by atoms with Crippen LogP contribution in [0.25, 0.3) is 15.9 Å². The van der Waals surface area contributed by atoms with Crippen LogP contribution in [0.3, 0.4) is 0 Å². The van der Waals surface area contributed by atoms with Gasteiger partial charge in [-0.1, -0.05) is 58.7 Å². The van der Waals surface area contributed by atoms with Gasteiger partial charge in [0, 0.05) is 15.7 Å². The van der Waals surface area contributed by atoms with E-state index in [1.807, 2.05) is 38.1 Å². The molecule has 4 aromatic rings. The van der Waals surface area contributed by atoms with E-state index >= 15 is 0 Å².